The molecular formula is C27H23N3O5S2. The van der Waals surface area contributed by atoms with Crippen LogP contribution in [0.25, 0.3) is 11.3 Å². The maximum absolute atomic E-state index is 12.8. The van der Waals surface area contributed by atoms with Gasteiger partial charge < -0.3 is 20.5 Å². The number of nitrogens with one attached hydrogen (secondary N) is 2. The third-order valence-electron chi connectivity index (χ3n) is 5.30. The molecule has 0 spiro atoms. The van der Waals surface area contributed by atoms with E-state index in [1.807, 2.05) is 35.7 Å². The Labute approximate surface area is 221 Å². The molecule has 0 fully saturated rings. The highest BCUT2D eigenvalue weighted by atomic mass is 32.2. The molecule has 10 heteroatoms. The molecule has 0 bridgehead atoms. The molecule has 0 saturated heterocycles. The van der Waals surface area contributed by atoms with Crippen LogP contribution in [0, 0.1) is 0 Å². The Bertz CT molecular complexity index is 1440. The third kappa shape index (κ3) is 6.54. The fourth-order valence-electron chi connectivity index (χ4n) is 3.40. The lowest BCUT2D eigenvalue weighted by molar-refractivity contribution is -0.115. The number of hydrogen-bond acceptors (Lipinski definition) is 7. The number of benzene rings is 3. The molecule has 2 amide bonds. The van der Waals surface area contributed by atoms with Gasteiger partial charge in [-0.2, -0.15) is 0 Å². The van der Waals surface area contributed by atoms with Gasteiger partial charge in [0, 0.05) is 21.5 Å². The molecule has 1 unspecified atom stereocenters. The Morgan fingerprint density at radius 3 is 2.41 bits per heavy atom. The topological polar surface area (TPSA) is 118 Å². The van der Waals surface area contributed by atoms with Crippen LogP contribution in [0.15, 0.2) is 83.1 Å². The number of rotatable bonds is 9. The summed E-state index contributed by atoms with van der Waals surface area (Å²) in [5, 5.41) is 16.9. The van der Waals surface area contributed by atoms with E-state index in [0.717, 1.165) is 21.9 Å². The lowest BCUT2D eigenvalue weighted by Crippen LogP contribution is -2.22. The summed E-state index contributed by atoms with van der Waals surface area (Å²) in [6.07, 6.45) is 0. The number of thioether (sulfide) groups is 1. The molecule has 4 rings (SSSR count). The van der Waals surface area contributed by atoms with Crippen molar-refractivity contribution in [2.45, 2.75) is 17.1 Å². The number of carboxylic acids is 1. The average molecular weight is 534 g/mol. The monoisotopic (exact) mass is 533 g/mol. The van der Waals surface area contributed by atoms with E-state index < -0.39 is 17.1 Å². The number of thiazole rings is 1. The number of aromatic nitrogens is 1. The highest BCUT2D eigenvalue weighted by molar-refractivity contribution is 8.00. The minimum absolute atomic E-state index is 0.0678. The summed E-state index contributed by atoms with van der Waals surface area (Å²) in [6, 6.07) is 20.6. The zero-order chi connectivity index (χ0) is 26.4. The van der Waals surface area contributed by atoms with Crippen LogP contribution in [0.4, 0.5) is 10.8 Å². The molecule has 4 aromatic rings. The maximum Gasteiger partial charge on any atom is 0.336 e. The van der Waals surface area contributed by atoms with E-state index in [4.69, 9.17) is 4.74 Å². The number of ether oxygens (including phenoxy) is 1. The summed E-state index contributed by atoms with van der Waals surface area (Å²) < 4.78 is 5.18. The van der Waals surface area contributed by atoms with Crippen molar-refractivity contribution in [1.29, 1.82) is 0 Å². The summed E-state index contributed by atoms with van der Waals surface area (Å²) in [5.74, 6) is -1.15. The number of anilines is 2. The molecule has 3 aromatic carbocycles. The molecule has 37 heavy (non-hydrogen) atoms. The number of hydrogen-bond donors (Lipinski definition) is 3. The molecule has 188 valence electrons. The maximum atomic E-state index is 12.8. The Morgan fingerprint density at radius 1 is 0.973 bits per heavy atom. The molecule has 8 nitrogen and oxygen atoms in total. The highest BCUT2D eigenvalue weighted by Gasteiger charge is 2.18. The van der Waals surface area contributed by atoms with Crippen molar-refractivity contribution in [2.24, 2.45) is 0 Å². The van der Waals surface area contributed by atoms with Crippen LogP contribution < -0.4 is 15.4 Å². The standard InChI is InChI=1S/C27H23N3O5S2/c1-16(24(31)30-27-29-23(15-36-27)17-10-12-19(35-2)13-11-17)37-20-7-5-6-18(14-20)28-25(32)21-8-3-4-9-22(21)26(33)34/h3-16H,1-2H3,(H,28,32)(H,33,34)(H,29,30,31). The molecule has 1 atom stereocenters. The van der Waals surface area contributed by atoms with Crippen molar-refractivity contribution >= 4 is 51.7 Å². The lowest BCUT2D eigenvalue weighted by Gasteiger charge is -2.12. The molecular weight excluding hydrogens is 510 g/mol. The molecule has 0 aliphatic carbocycles. The van der Waals surface area contributed by atoms with Crippen molar-refractivity contribution in [2.75, 3.05) is 17.7 Å². The first kappa shape index (κ1) is 25.9. The van der Waals surface area contributed by atoms with Gasteiger partial charge in [0.25, 0.3) is 5.91 Å². The number of methoxy groups -OCH3 is 1. The van der Waals surface area contributed by atoms with Crippen molar-refractivity contribution in [3.8, 4) is 17.0 Å². The number of nitrogens with zero attached hydrogens (tertiary/aromatic N) is 1. The first-order valence-corrected chi connectivity index (χ1v) is 12.9. The number of aromatic carboxylic acids is 1. The highest BCUT2D eigenvalue weighted by Crippen LogP contribution is 2.29. The summed E-state index contributed by atoms with van der Waals surface area (Å²) >= 11 is 2.67. The van der Waals surface area contributed by atoms with Crippen LogP contribution >= 0.6 is 23.1 Å². The third-order valence-corrected chi connectivity index (χ3v) is 7.15. The van der Waals surface area contributed by atoms with Crippen LogP contribution in [-0.4, -0.2) is 40.2 Å². The second-order valence-electron chi connectivity index (χ2n) is 7.85. The minimum atomic E-state index is -1.17. The SMILES string of the molecule is COc1ccc(-c2csc(NC(=O)C(C)Sc3cccc(NC(=O)c4ccccc4C(=O)O)c3)n2)cc1. The summed E-state index contributed by atoms with van der Waals surface area (Å²) in [5.41, 5.74) is 2.17. The second kappa shape index (κ2) is 11.7. The lowest BCUT2D eigenvalue weighted by atomic mass is 10.1. The quantitative estimate of drug-likeness (QED) is 0.230. The van der Waals surface area contributed by atoms with Gasteiger partial charge in [0.15, 0.2) is 5.13 Å². The second-order valence-corrected chi connectivity index (χ2v) is 10.1. The molecule has 1 aromatic heterocycles. The first-order valence-electron chi connectivity index (χ1n) is 11.2. The van der Waals surface area contributed by atoms with E-state index in [1.54, 1.807) is 44.4 Å². The molecule has 0 saturated carbocycles. The zero-order valence-electron chi connectivity index (χ0n) is 19.9. The van der Waals surface area contributed by atoms with E-state index in [2.05, 4.69) is 15.6 Å². The van der Waals surface area contributed by atoms with E-state index >= 15 is 0 Å². The summed E-state index contributed by atoms with van der Waals surface area (Å²) in [4.78, 5) is 42.1. The van der Waals surface area contributed by atoms with Gasteiger partial charge in [0.1, 0.15) is 5.75 Å². The van der Waals surface area contributed by atoms with Gasteiger partial charge >= 0.3 is 5.97 Å². The van der Waals surface area contributed by atoms with Crippen LogP contribution in [0.5, 0.6) is 5.75 Å². The van der Waals surface area contributed by atoms with Gasteiger partial charge in [0.05, 0.1) is 29.2 Å². The number of amides is 2. The fourth-order valence-corrected chi connectivity index (χ4v) is 5.05. The van der Waals surface area contributed by atoms with Crippen molar-refractivity contribution in [1.82, 2.24) is 4.98 Å². The van der Waals surface area contributed by atoms with Crippen molar-refractivity contribution in [3.63, 3.8) is 0 Å². The van der Waals surface area contributed by atoms with Gasteiger partial charge in [-0.3, -0.25) is 9.59 Å². The molecule has 0 aliphatic heterocycles. The van der Waals surface area contributed by atoms with Gasteiger partial charge in [-0.1, -0.05) is 18.2 Å². The largest absolute Gasteiger partial charge is 0.497 e. The van der Waals surface area contributed by atoms with Crippen molar-refractivity contribution in [3.05, 3.63) is 89.3 Å². The van der Waals surface area contributed by atoms with E-state index in [0.29, 0.717) is 10.8 Å². The predicted molar refractivity (Wildman–Crippen MR) is 146 cm³/mol. The fraction of sp³-hybridized carbons (Fsp3) is 0.111. The average Bonchev–Trinajstić information content (AvgIpc) is 3.37. The van der Waals surface area contributed by atoms with Gasteiger partial charge in [0.2, 0.25) is 5.91 Å². The van der Waals surface area contributed by atoms with Crippen LogP contribution in [0.2, 0.25) is 0 Å². The number of carboxylic acid groups (broad SMARTS) is 1. The number of carbonyl (C=O) groups is 3. The summed E-state index contributed by atoms with van der Waals surface area (Å²) in [6.45, 7) is 1.78. The van der Waals surface area contributed by atoms with E-state index in [-0.39, 0.29) is 17.0 Å². The van der Waals surface area contributed by atoms with Gasteiger partial charge in [-0.25, -0.2) is 9.78 Å². The van der Waals surface area contributed by atoms with Gasteiger partial charge in [-0.05, 0) is 61.5 Å². The molecule has 3 N–H and O–H groups in total. The van der Waals surface area contributed by atoms with Crippen LogP contribution in [-0.2, 0) is 4.79 Å². The first-order chi connectivity index (χ1) is 17.8. The Hall–Kier alpha value is -4.15. The smallest absolute Gasteiger partial charge is 0.336 e. The van der Waals surface area contributed by atoms with Crippen molar-refractivity contribution < 1.29 is 24.2 Å². The Kier molecular flexibility index (Phi) is 8.22. The van der Waals surface area contributed by atoms with Crippen LogP contribution in [0.1, 0.15) is 27.6 Å². The van der Waals surface area contributed by atoms with E-state index in [1.165, 1.54) is 35.2 Å². The molecule has 1 heterocycles. The normalized spacial score (nSPS) is 11.4. The Morgan fingerprint density at radius 2 is 1.70 bits per heavy atom. The molecule has 0 aliphatic rings. The summed E-state index contributed by atoms with van der Waals surface area (Å²) in [7, 11) is 1.61. The van der Waals surface area contributed by atoms with Crippen LogP contribution in [0.3, 0.4) is 0 Å². The minimum Gasteiger partial charge on any atom is -0.497 e. The Balaban J connectivity index is 1.37. The number of carbonyl (C=O) groups excluding carboxylic acids is 2. The van der Waals surface area contributed by atoms with E-state index in [9.17, 15) is 19.5 Å². The van der Waals surface area contributed by atoms with Gasteiger partial charge in [-0.15, -0.1) is 23.1 Å². The molecule has 0 radical (unpaired) electrons. The zero-order valence-corrected chi connectivity index (χ0v) is 21.6. The predicted octanol–water partition coefficient (Wildman–Crippen LogP) is 5.89.